The highest BCUT2D eigenvalue weighted by molar-refractivity contribution is 7.10. The molecule has 0 aliphatic carbocycles. The van der Waals surface area contributed by atoms with E-state index in [1.54, 1.807) is 35.6 Å². The highest BCUT2D eigenvalue weighted by atomic mass is 32.1. The Bertz CT molecular complexity index is 539. The van der Waals surface area contributed by atoms with E-state index in [2.05, 4.69) is 28.4 Å². The molecule has 1 unspecified atom stereocenters. The molecule has 108 valence electrons. The van der Waals surface area contributed by atoms with Crippen molar-refractivity contribution >= 4 is 11.3 Å². The molecule has 1 aromatic heterocycles. The molecule has 0 fully saturated rings. The quantitative estimate of drug-likeness (QED) is 0.847. The van der Waals surface area contributed by atoms with E-state index in [1.165, 1.54) is 10.4 Å². The number of aryl methyl sites for hydroxylation is 1. The van der Waals surface area contributed by atoms with Crippen LogP contribution in [0.15, 0.2) is 35.7 Å². The summed E-state index contributed by atoms with van der Waals surface area (Å²) in [4.78, 5) is 1.31. The lowest BCUT2D eigenvalue weighted by Crippen LogP contribution is -2.17. The van der Waals surface area contributed by atoms with Crippen molar-refractivity contribution in [3.8, 4) is 5.75 Å². The Morgan fingerprint density at radius 1 is 1.20 bits per heavy atom. The highest BCUT2D eigenvalue weighted by Crippen LogP contribution is 2.21. The fraction of sp³-hybridized carbons (Fsp3) is 0.333. The molecule has 1 aromatic carbocycles. The predicted molar refractivity (Wildman–Crippen MR) is 77.4 cm³/mol. The van der Waals surface area contributed by atoms with Crippen molar-refractivity contribution < 1.29 is 13.5 Å². The molecule has 0 saturated carbocycles. The summed E-state index contributed by atoms with van der Waals surface area (Å²) in [6, 6.07) is 8.99. The normalized spacial score (nSPS) is 12.7. The van der Waals surface area contributed by atoms with Gasteiger partial charge in [0.05, 0.1) is 0 Å². The van der Waals surface area contributed by atoms with Crippen LogP contribution in [-0.2, 0) is 6.54 Å². The van der Waals surface area contributed by atoms with E-state index < -0.39 is 6.61 Å². The number of ether oxygens (including phenoxy) is 1. The summed E-state index contributed by atoms with van der Waals surface area (Å²) in [6.45, 7) is 2.17. The minimum atomic E-state index is -2.78. The van der Waals surface area contributed by atoms with Gasteiger partial charge in [-0.2, -0.15) is 8.78 Å². The van der Waals surface area contributed by atoms with E-state index in [4.69, 9.17) is 0 Å². The number of hydrogen-bond acceptors (Lipinski definition) is 3. The van der Waals surface area contributed by atoms with Gasteiger partial charge in [-0.05, 0) is 48.6 Å². The zero-order valence-corrected chi connectivity index (χ0v) is 12.2. The average molecular weight is 297 g/mol. The Kier molecular flexibility index (Phi) is 5.09. The minimum absolute atomic E-state index is 0.150. The standard InChI is InChI=1S/C15H17F2NOS/c1-10-7-8-20-14(10)9-18-11(2)12-3-5-13(6-4-12)19-15(16)17/h3-8,11,15,18H,9H2,1-2H3. The smallest absolute Gasteiger partial charge is 0.387 e. The van der Waals surface area contributed by atoms with Gasteiger partial charge in [0, 0.05) is 17.5 Å². The monoisotopic (exact) mass is 297 g/mol. The maximum Gasteiger partial charge on any atom is 0.387 e. The Morgan fingerprint density at radius 3 is 2.45 bits per heavy atom. The van der Waals surface area contributed by atoms with E-state index in [0.717, 1.165) is 12.1 Å². The predicted octanol–water partition coefficient (Wildman–Crippen LogP) is 4.51. The molecular formula is C15H17F2NOS. The van der Waals surface area contributed by atoms with E-state index in [-0.39, 0.29) is 11.8 Å². The van der Waals surface area contributed by atoms with Crippen molar-refractivity contribution in [1.82, 2.24) is 5.32 Å². The lowest BCUT2D eigenvalue weighted by atomic mass is 10.1. The SMILES string of the molecule is Cc1ccsc1CNC(C)c1ccc(OC(F)F)cc1. The van der Waals surface area contributed by atoms with Gasteiger partial charge in [0.2, 0.25) is 0 Å². The first-order chi connectivity index (χ1) is 9.56. The van der Waals surface area contributed by atoms with E-state index in [0.29, 0.717) is 0 Å². The lowest BCUT2D eigenvalue weighted by Gasteiger charge is -2.14. The first-order valence-corrected chi connectivity index (χ1v) is 7.25. The Hall–Kier alpha value is -1.46. The van der Waals surface area contributed by atoms with E-state index in [1.807, 2.05) is 6.92 Å². The third kappa shape index (κ3) is 4.02. The maximum atomic E-state index is 12.1. The zero-order chi connectivity index (χ0) is 14.5. The van der Waals surface area contributed by atoms with Crippen LogP contribution < -0.4 is 10.1 Å². The number of hydrogen-bond donors (Lipinski definition) is 1. The molecule has 2 nitrogen and oxygen atoms in total. The van der Waals surface area contributed by atoms with Crippen molar-refractivity contribution in [2.45, 2.75) is 33.0 Å². The van der Waals surface area contributed by atoms with Gasteiger partial charge in [-0.1, -0.05) is 12.1 Å². The van der Waals surface area contributed by atoms with Crippen LogP contribution in [0.2, 0.25) is 0 Å². The van der Waals surface area contributed by atoms with Gasteiger partial charge in [0.15, 0.2) is 0 Å². The van der Waals surface area contributed by atoms with Crippen LogP contribution in [0, 0.1) is 6.92 Å². The van der Waals surface area contributed by atoms with Crippen LogP contribution in [0.5, 0.6) is 5.75 Å². The van der Waals surface area contributed by atoms with Crippen LogP contribution in [-0.4, -0.2) is 6.61 Å². The number of halogens is 2. The van der Waals surface area contributed by atoms with Gasteiger partial charge in [-0.3, -0.25) is 0 Å². The second-order valence-corrected chi connectivity index (χ2v) is 5.58. The summed E-state index contributed by atoms with van der Waals surface area (Å²) >= 11 is 1.73. The van der Waals surface area contributed by atoms with E-state index in [9.17, 15) is 8.78 Å². The number of nitrogens with one attached hydrogen (secondary N) is 1. The molecule has 5 heteroatoms. The van der Waals surface area contributed by atoms with Crippen molar-refractivity contribution in [3.05, 3.63) is 51.7 Å². The second-order valence-electron chi connectivity index (χ2n) is 4.58. The van der Waals surface area contributed by atoms with E-state index >= 15 is 0 Å². The second kappa shape index (κ2) is 6.81. The van der Waals surface area contributed by atoms with Gasteiger partial charge in [0.1, 0.15) is 5.75 Å². The van der Waals surface area contributed by atoms with Gasteiger partial charge in [0.25, 0.3) is 0 Å². The average Bonchev–Trinajstić information content (AvgIpc) is 2.82. The fourth-order valence-electron chi connectivity index (χ4n) is 1.89. The first kappa shape index (κ1) is 14.9. The first-order valence-electron chi connectivity index (χ1n) is 6.37. The molecule has 0 spiro atoms. The summed E-state index contributed by atoms with van der Waals surface area (Å²) in [5.74, 6) is 0.185. The molecule has 20 heavy (non-hydrogen) atoms. The third-order valence-electron chi connectivity index (χ3n) is 3.14. The number of rotatable bonds is 6. The number of thiophene rings is 1. The van der Waals surface area contributed by atoms with Crippen molar-refractivity contribution in [2.24, 2.45) is 0 Å². The van der Waals surface area contributed by atoms with Crippen LogP contribution in [0.25, 0.3) is 0 Å². The zero-order valence-electron chi connectivity index (χ0n) is 11.4. The molecule has 1 atom stereocenters. The van der Waals surface area contributed by atoms with Crippen LogP contribution in [0.4, 0.5) is 8.78 Å². The topological polar surface area (TPSA) is 21.3 Å². The number of alkyl halides is 2. The number of benzene rings is 1. The van der Waals surface area contributed by atoms with Gasteiger partial charge in [-0.15, -0.1) is 11.3 Å². The summed E-state index contributed by atoms with van der Waals surface area (Å²) < 4.78 is 28.5. The van der Waals surface area contributed by atoms with Crippen LogP contribution in [0.3, 0.4) is 0 Å². The summed E-state index contributed by atoms with van der Waals surface area (Å²) in [5.41, 5.74) is 2.33. The molecule has 0 bridgehead atoms. The Balaban J connectivity index is 1.92. The highest BCUT2D eigenvalue weighted by Gasteiger charge is 2.08. The van der Waals surface area contributed by atoms with Crippen LogP contribution in [0.1, 0.15) is 29.0 Å². The molecule has 0 aliphatic heterocycles. The molecule has 0 radical (unpaired) electrons. The molecule has 0 amide bonds. The van der Waals surface area contributed by atoms with Crippen molar-refractivity contribution in [1.29, 1.82) is 0 Å². The van der Waals surface area contributed by atoms with Gasteiger partial charge in [-0.25, -0.2) is 0 Å². The van der Waals surface area contributed by atoms with Crippen molar-refractivity contribution in [2.75, 3.05) is 0 Å². The molecule has 0 aliphatic rings. The Labute approximate surface area is 121 Å². The van der Waals surface area contributed by atoms with Crippen LogP contribution >= 0.6 is 11.3 Å². The largest absolute Gasteiger partial charge is 0.435 e. The van der Waals surface area contributed by atoms with Crippen molar-refractivity contribution in [3.63, 3.8) is 0 Å². The molecule has 2 aromatic rings. The molecule has 1 heterocycles. The lowest BCUT2D eigenvalue weighted by molar-refractivity contribution is -0.0498. The Morgan fingerprint density at radius 2 is 1.90 bits per heavy atom. The third-order valence-corrected chi connectivity index (χ3v) is 4.17. The summed E-state index contributed by atoms with van der Waals surface area (Å²) in [6.07, 6.45) is 0. The van der Waals surface area contributed by atoms with Gasteiger partial charge >= 0.3 is 6.61 Å². The summed E-state index contributed by atoms with van der Waals surface area (Å²) in [5, 5.41) is 5.50. The molecular weight excluding hydrogens is 280 g/mol. The molecule has 2 rings (SSSR count). The summed E-state index contributed by atoms with van der Waals surface area (Å²) in [7, 11) is 0. The molecule has 1 N–H and O–H groups in total. The fourth-order valence-corrected chi connectivity index (χ4v) is 2.74. The maximum absolute atomic E-state index is 12.1. The minimum Gasteiger partial charge on any atom is -0.435 e. The molecule has 0 saturated heterocycles. The van der Waals surface area contributed by atoms with Gasteiger partial charge < -0.3 is 10.1 Å².